The summed E-state index contributed by atoms with van der Waals surface area (Å²) in [6.07, 6.45) is 3.09. The summed E-state index contributed by atoms with van der Waals surface area (Å²) in [6, 6.07) is 18.7. The molecule has 34 heavy (non-hydrogen) atoms. The highest BCUT2D eigenvalue weighted by molar-refractivity contribution is 5.79. The molecule has 0 N–H and O–H groups in total. The fourth-order valence-corrected chi connectivity index (χ4v) is 5.01. The maximum absolute atomic E-state index is 13.3. The molecule has 178 valence electrons. The van der Waals surface area contributed by atoms with Crippen LogP contribution in [-0.4, -0.2) is 41.8 Å². The maximum atomic E-state index is 13.3. The number of anilines is 1. The number of hydrogen-bond donors (Lipinski definition) is 0. The van der Waals surface area contributed by atoms with Crippen LogP contribution in [0.3, 0.4) is 0 Å². The Labute approximate surface area is 201 Å². The van der Waals surface area contributed by atoms with Crippen molar-refractivity contribution < 1.29 is 14.1 Å². The molecule has 2 aliphatic rings. The van der Waals surface area contributed by atoms with Gasteiger partial charge in [0.15, 0.2) is 0 Å². The second-order valence-corrected chi connectivity index (χ2v) is 9.63. The lowest BCUT2D eigenvalue weighted by atomic mass is 9.99. The van der Waals surface area contributed by atoms with Gasteiger partial charge in [0.2, 0.25) is 11.8 Å². The summed E-state index contributed by atoms with van der Waals surface area (Å²) in [5.41, 5.74) is 5.48. The van der Waals surface area contributed by atoms with Gasteiger partial charge >= 0.3 is 0 Å². The zero-order chi connectivity index (χ0) is 23.5. The molecule has 0 saturated carbocycles. The van der Waals surface area contributed by atoms with Crippen molar-refractivity contribution in [2.24, 2.45) is 5.92 Å². The molecule has 1 amide bonds. The number of benzene rings is 2. The lowest BCUT2D eigenvalue weighted by Gasteiger charge is -2.31. The van der Waals surface area contributed by atoms with E-state index in [0.29, 0.717) is 13.1 Å². The number of ether oxygens (including phenoxy) is 1. The van der Waals surface area contributed by atoms with Gasteiger partial charge in [0.05, 0.1) is 18.2 Å². The van der Waals surface area contributed by atoms with E-state index in [4.69, 9.17) is 9.26 Å². The quantitative estimate of drug-likeness (QED) is 0.494. The number of amides is 1. The van der Waals surface area contributed by atoms with Crippen LogP contribution in [0.25, 0.3) is 11.3 Å². The highest BCUT2D eigenvalue weighted by atomic mass is 16.5. The topological polar surface area (TPSA) is 58.8 Å². The molecular weight excluding hydrogens is 426 g/mol. The van der Waals surface area contributed by atoms with Crippen LogP contribution >= 0.6 is 0 Å². The first-order chi connectivity index (χ1) is 16.6. The number of rotatable bonds is 7. The molecule has 0 radical (unpaired) electrons. The molecule has 3 heterocycles. The normalized spacial score (nSPS) is 17.7. The molecule has 0 bridgehead atoms. The van der Waals surface area contributed by atoms with E-state index in [1.165, 1.54) is 11.1 Å². The minimum Gasteiger partial charge on any atom is -0.376 e. The van der Waals surface area contributed by atoms with E-state index in [0.717, 1.165) is 61.7 Å². The van der Waals surface area contributed by atoms with E-state index in [-0.39, 0.29) is 17.9 Å². The summed E-state index contributed by atoms with van der Waals surface area (Å²) >= 11 is 0. The minimum absolute atomic E-state index is 0.0908. The van der Waals surface area contributed by atoms with E-state index in [9.17, 15) is 4.79 Å². The molecule has 6 heteroatoms. The number of carbonyl (C=O) groups is 1. The SMILES string of the molecule is CC(C)C(=O)N(Cc1c(-c2ccccc2)noc1N1CCc2ccccc2C1)C[C@@H]1CCCO1. The van der Waals surface area contributed by atoms with Gasteiger partial charge in [-0.3, -0.25) is 4.79 Å². The fraction of sp³-hybridized carbons (Fsp3) is 0.429. The Kier molecular flexibility index (Phi) is 6.68. The van der Waals surface area contributed by atoms with Crippen molar-refractivity contribution in [3.05, 3.63) is 71.3 Å². The van der Waals surface area contributed by atoms with Gasteiger partial charge < -0.3 is 19.1 Å². The third-order valence-electron chi connectivity index (χ3n) is 6.84. The molecular formula is C28H33N3O3. The molecule has 2 aromatic carbocycles. The third kappa shape index (κ3) is 4.73. The van der Waals surface area contributed by atoms with E-state index < -0.39 is 0 Å². The van der Waals surface area contributed by atoms with E-state index >= 15 is 0 Å². The van der Waals surface area contributed by atoms with Crippen molar-refractivity contribution in [2.45, 2.75) is 52.3 Å². The average Bonchev–Trinajstić information content (AvgIpc) is 3.53. The molecule has 1 fully saturated rings. The van der Waals surface area contributed by atoms with E-state index in [2.05, 4.69) is 34.3 Å². The fourth-order valence-electron chi connectivity index (χ4n) is 5.01. The Balaban J connectivity index is 1.50. The molecule has 2 aliphatic heterocycles. The van der Waals surface area contributed by atoms with Gasteiger partial charge in [-0.2, -0.15) is 0 Å². The highest BCUT2D eigenvalue weighted by Crippen LogP contribution is 2.35. The van der Waals surface area contributed by atoms with Crippen LogP contribution in [0.4, 0.5) is 5.88 Å². The largest absolute Gasteiger partial charge is 0.376 e. The molecule has 1 aromatic heterocycles. The monoisotopic (exact) mass is 459 g/mol. The lowest BCUT2D eigenvalue weighted by Crippen LogP contribution is -2.39. The number of aromatic nitrogens is 1. The van der Waals surface area contributed by atoms with E-state index in [1.54, 1.807) is 0 Å². The molecule has 0 unspecified atom stereocenters. The van der Waals surface area contributed by atoms with Gasteiger partial charge in [0.25, 0.3) is 0 Å². The van der Waals surface area contributed by atoms with Crippen molar-refractivity contribution in [1.82, 2.24) is 10.1 Å². The molecule has 5 rings (SSSR count). The Morgan fingerprint density at radius 3 is 2.62 bits per heavy atom. The molecule has 0 aliphatic carbocycles. The van der Waals surface area contributed by atoms with E-state index in [1.807, 2.05) is 49.1 Å². The van der Waals surface area contributed by atoms with Crippen LogP contribution in [0.1, 0.15) is 43.4 Å². The highest BCUT2D eigenvalue weighted by Gasteiger charge is 2.30. The summed E-state index contributed by atoms with van der Waals surface area (Å²) in [7, 11) is 0. The van der Waals surface area contributed by atoms with Crippen LogP contribution in [0.15, 0.2) is 59.1 Å². The second kappa shape index (κ2) is 10.0. The summed E-state index contributed by atoms with van der Waals surface area (Å²) in [5, 5.41) is 4.52. The predicted molar refractivity (Wildman–Crippen MR) is 132 cm³/mol. The molecule has 0 spiro atoms. The Morgan fingerprint density at radius 1 is 1.12 bits per heavy atom. The van der Waals surface area contributed by atoms with Gasteiger partial charge in [-0.1, -0.05) is 73.6 Å². The van der Waals surface area contributed by atoms with Crippen molar-refractivity contribution in [3.63, 3.8) is 0 Å². The molecule has 3 aromatic rings. The first-order valence-corrected chi connectivity index (χ1v) is 12.4. The number of nitrogens with zero attached hydrogens (tertiary/aromatic N) is 3. The average molecular weight is 460 g/mol. The standard InChI is InChI=1S/C28H33N3O3/c1-20(2)27(32)31(18-24-13-8-16-33-24)19-25-26(22-10-4-3-5-11-22)29-34-28(25)30-15-14-21-9-6-7-12-23(21)17-30/h3-7,9-12,20,24H,8,13-19H2,1-2H3/t24-/m0/s1. The van der Waals surface area contributed by atoms with Gasteiger partial charge in [-0.15, -0.1) is 0 Å². The van der Waals surface area contributed by atoms with Crippen molar-refractivity contribution in [2.75, 3.05) is 24.6 Å². The Morgan fingerprint density at radius 2 is 1.88 bits per heavy atom. The number of hydrogen-bond acceptors (Lipinski definition) is 5. The lowest BCUT2D eigenvalue weighted by molar-refractivity contribution is -0.136. The molecule has 1 atom stereocenters. The first kappa shape index (κ1) is 22.7. The summed E-state index contributed by atoms with van der Waals surface area (Å²) in [4.78, 5) is 17.5. The zero-order valence-corrected chi connectivity index (χ0v) is 20.1. The van der Waals surface area contributed by atoms with Crippen LogP contribution in [0.2, 0.25) is 0 Å². The summed E-state index contributed by atoms with van der Waals surface area (Å²) in [6.45, 7) is 7.37. The second-order valence-electron chi connectivity index (χ2n) is 9.63. The zero-order valence-electron chi connectivity index (χ0n) is 20.1. The predicted octanol–water partition coefficient (Wildman–Crippen LogP) is 5.07. The summed E-state index contributed by atoms with van der Waals surface area (Å²) < 4.78 is 11.9. The Bertz CT molecular complexity index is 1120. The van der Waals surface area contributed by atoms with Crippen molar-refractivity contribution in [1.29, 1.82) is 0 Å². The van der Waals surface area contributed by atoms with Gasteiger partial charge in [0, 0.05) is 37.7 Å². The first-order valence-electron chi connectivity index (χ1n) is 12.4. The van der Waals surface area contributed by atoms with Crippen molar-refractivity contribution in [3.8, 4) is 11.3 Å². The van der Waals surface area contributed by atoms with Gasteiger partial charge in [-0.25, -0.2) is 0 Å². The third-order valence-corrected chi connectivity index (χ3v) is 6.84. The Hall–Kier alpha value is -3.12. The molecule has 1 saturated heterocycles. The van der Waals surface area contributed by atoms with Crippen molar-refractivity contribution >= 4 is 11.8 Å². The van der Waals surface area contributed by atoms with Crippen LogP contribution in [-0.2, 0) is 29.0 Å². The minimum atomic E-state index is -0.0910. The summed E-state index contributed by atoms with van der Waals surface area (Å²) in [5.74, 6) is 0.805. The smallest absolute Gasteiger partial charge is 0.233 e. The van der Waals surface area contributed by atoms with Gasteiger partial charge in [0.1, 0.15) is 5.69 Å². The van der Waals surface area contributed by atoms with Crippen LogP contribution in [0, 0.1) is 5.92 Å². The maximum Gasteiger partial charge on any atom is 0.233 e. The van der Waals surface area contributed by atoms with Gasteiger partial charge in [-0.05, 0) is 30.4 Å². The molecule has 6 nitrogen and oxygen atoms in total. The van der Waals surface area contributed by atoms with Crippen LogP contribution < -0.4 is 4.90 Å². The number of carbonyl (C=O) groups excluding carboxylic acids is 1. The number of fused-ring (bicyclic) bond motifs is 1. The van der Waals surface area contributed by atoms with Crippen LogP contribution in [0.5, 0.6) is 0 Å².